The maximum Gasteiger partial charge on any atom is 0.258 e. The highest BCUT2D eigenvalue weighted by atomic mass is 16.5. The van der Waals surface area contributed by atoms with E-state index in [2.05, 4.69) is 27.5 Å². The summed E-state index contributed by atoms with van der Waals surface area (Å²) in [5.41, 5.74) is 1.06. The van der Waals surface area contributed by atoms with Crippen molar-refractivity contribution in [2.75, 3.05) is 24.3 Å². The van der Waals surface area contributed by atoms with Gasteiger partial charge in [0.05, 0.1) is 12.7 Å². The van der Waals surface area contributed by atoms with Gasteiger partial charge in [-0.1, -0.05) is 13.0 Å². The van der Waals surface area contributed by atoms with Gasteiger partial charge < -0.3 is 15.4 Å². The van der Waals surface area contributed by atoms with E-state index in [0.717, 1.165) is 13.0 Å². The van der Waals surface area contributed by atoms with E-state index in [4.69, 9.17) is 4.74 Å². The number of benzene rings is 1. The lowest BCUT2D eigenvalue weighted by Gasteiger charge is -2.07. The minimum atomic E-state index is -0.259. The fourth-order valence-electron chi connectivity index (χ4n) is 1.68. The fourth-order valence-corrected chi connectivity index (χ4v) is 1.68. The van der Waals surface area contributed by atoms with Gasteiger partial charge in [0.15, 0.2) is 0 Å². The SMILES string of the molecule is CCCNc1ncc(C(=O)Nc2cccc(OC)c2)cn1. The summed E-state index contributed by atoms with van der Waals surface area (Å²) in [5, 5.41) is 5.83. The third-order valence-corrected chi connectivity index (χ3v) is 2.77. The molecule has 0 bridgehead atoms. The van der Waals surface area contributed by atoms with Crippen molar-refractivity contribution in [3.8, 4) is 5.75 Å². The summed E-state index contributed by atoms with van der Waals surface area (Å²) in [4.78, 5) is 20.3. The lowest BCUT2D eigenvalue weighted by atomic mass is 10.2. The Bertz CT molecular complexity index is 599. The van der Waals surface area contributed by atoms with Crippen molar-refractivity contribution in [2.24, 2.45) is 0 Å². The van der Waals surface area contributed by atoms with Crippen molar-refractivity contribution >= 4 is 17.5 Å². The number of amides is 1. The molecule has 0 spiro atoms. The van der Waals surface area contributed by atoms with Gasteiger partial charge >= 0.3 is 0 Å². The number of hydrogen-bond donors (Lipinski definition) is 2. The fraction of sp³-hybridized carbons (Fsp3) is 0.267. The van der Waals surface area contributed by atoms with Crippen LogP contribution in [0.5, 0.6) is 5.75 Å². The zero-order chi connectivity index (χ0) is 15.1. The van der Waals surface area contributed by atoms with Gasteiger partial charge in [-0.25, -0.2) is 9.97 Å². The molecule has 1 aromatic carbocycles. The average Bonchev–Trinajstić information content (AvgIpc) is 2.53. The zero-order valence-corrected chi connectivity index (χ0v) is 12.1. The topological polar surface area (TPSA) is 76.1 Å². The number of anilines is 2. The first kappa shape index (κ1) is 14.8. The Morgan fingerprint density at radius 3 is 2.71 bits per heavy atom. The number of rotatable bonds is 6. The van der Waals surface area contributed by atoms with Crippen molar-refractivity contribution in [2.45, 2.75) is 13.3 Å². The lowest BCUT2D eigenvalue weighted by molar-refractivity contribution is 0.102. The Hall–Kier alpha value is -2.63. The number of ether oxygens (including phenoxy) is 1. The van der Waals surface area contributed by atoms with E-state index in [0.29, 0.717) is 22.9 Å². The van der Waals surface area contributed by atoms with Gasteiger partial charge in [-0.05, 0) is 18.6 Å². The molecule has 1 heterocycles. The summed E-state index contributed by atoms with van der Waals surface area (Å²) >= 11 is 0. The van der Waals surface area contributed by atoms with Crippen LogP contribution in [0.15, 0.2) is 36.7 Å². The Labute approximate surface area is 123 Å². The van der Waals surface area contributed by atoms with Crippen LogP contribution in [0.1, 0.15) is 23.7 Å². The van der Waals surface area contributed by atoms with Crippen molar-refractivity contribution in [3.63, 3.8) is 0 Å². The van der Waals surface area contributed by atoms with Crippen molar-refractivity contribution in [3.05, 3.63) is 42.2 Å². The molecule has 1 amide bonds. The second-order valence-corrected chi connectivity index (χ2v) is 4.41. The average molecular weight is 286 g/mol. The van der Waals surface area contributed by atoms with Gasteiger partial charge in [0, 0.05) is 30.7 Å². The van der Waals surface area contributed by atoms with Gasteiger partial charge in [-0.3, -0.25) is 4.79 Å². The minimum absolute atomic E-state index is 0.259. The highest BCUT2D eigenvalue weighted by Gasteiger charge is 2.08. The van der Waals surface area contributed by atoms with Gasteiger partial charge in [0.25, 0.3) is 5.91 Å². The molecular weight excluding hydrogens is 268 g/mol. The highest BCUT2D eigenvalue weighted by molar-refractivity contribution is 6.03. The zero-order valence-electron chi connectivity index (χ0n) is 12.1. The molecule has 0 atom stereocenters. The van der Waals surface area contributed by atoms with Gasteiger partial charge in [-0.15, -0.1) is 0 Å². The molecule has 0 radical (unpaired) electrons. The number of nitrogens with zero attached hydrogens (tertiary/aromatic N) is 2. The van der Waals surface area contributed by atoms with E-state index < -0.39 is 0 Å². The van der Waals surface area contributed by atoms with Crippen LogP contribution in [0.25, 0.3) is 0 Å². The van der Waals surface area contributed by atoms with Crippen LogP contribution in [0.4, 0.5) is 11.6 Å². The molecule has 6 nitrogen and oxygen atoms in total. The van der Waals surface area contributed by atoms with Crippen LogP contribution in [0.2, 0.25) is 0 Å². The van der Waals surface area contributed by atoms with E-state index in [1.807, 2.05) is 12.1 Å². The summed E-state index contributed by atoms with van der Waals surface area (Å²) in [5.74, 6) is 0.947. The monoisotopic (exact) mass is 286 g/mol. The quantitative estimate of drug-likeness (QED) is 0.853. The summed E-state index contributed by atoms with van der Waals surface area (Å²) < 4.78 is 5.11. The van der Waals surface area contributed by atoms with Gasteiger partial charge in [0.2, 0.25) is 5.95 Å². The van der Waals surface area contributed by atoms with Crippen LogP contribution in [0.3, 0.4) is 0 Å². The van der Waals surface area contributed by atoms with E-state index >= 15 is 0 Å². The molecular formula is C15H18N4O2. The third-order valence-electron chi connectivity index (χ3n) is 2.77. The lowest BCUT2D eigenvalue weighted by Crippen LogP contribution is -2.13. The van der Waals surface area contributed by atoms with Crippen LogP contribution in [-0.4, -0.2) is 29.5 Å². The standard InChI is InChI=1S/C15H18N4O2/c1-3-7-16-15-17-9-11(10-18-15)14(20)19-12-5-4-6-13(8-12)21-2/h4-6,8-10H,3,7H2,1-2H3,(H,19,20)(H,16,17,18). The summed E-state index contributed by atoms with van der Waals surface area (Å²) in [6, 6.07) is 7.16. The highest BCUT2D eigenvalue weighted by Crippen LogP contribution is 2.17. The van der Waals surface area contributed by atoms with E-state index in [1.165, 1.54) is 12.4 Å². The molecule has 1 aromatic heterocycles. The van der Waals surface area contributed by atoms with Gasteiger partial charge in [-0.2, -0.15) is 0 Å². The normalized spacial score (nSPS) is 10.0. The van der Waals surface area contributed by atoms with Crippen molar-refractivity contribution < 1.29 is 9.53 Å². The molecule has 0 unspecified atom stereocenters. The largest absolute Gasteiger partial charge is 0.497 e. The molecule has 2 N–H and O–H groups in total. The predicted octanol–water partition coefficient (Wildman–Crippen LogP) is 2.56. The first-order valence-electron chi connectivity index (χ1n) is 6.74. The molecule has 2 rings (SSSR count). The number of methoxy groups -OCH3 is 1. The number of nitrogens with one attached hydrogen (secondary N) is 2. The Balaban J connectivity index is 2.02. The number of aromatic nitrogens is 2. The van der Waals surface area contributed by atoms with Crippen molar-refractivity contribution in [1.82, 2.24) is 9.97 Å². The summed E-state index contributed by atoms with van der Waals surface area (Å²) in [7, 11) is 1.58. The molecule has 21 heavy (non-hydrogen) atoms. The Morgan fingerprint density at radius 1 is 1.29 bits per heavy atom. The molecule has 0 saturated carbocycles. The van der Waals surface area contributed by atoms with Crippen LogP contribution >= 0.6 is 0 Å². The van der Waals surface area contributed by atoms with Gasteiger partial charge in [0.1, 0.15) is 5.75 Å². The first-order valence-corrected chi connectivity index (χ1v) is 6.74. The Kier molecular flexibility index (Phi) is 5.09. The Morgan fingerprint density at radius 2 is 2.05 bits per heavy atom. The first-order chi connectivity index (χ1) is 10.2. The summed E-state index contributed by atoms with van der Waals surface area (Å²) in [6.45, 7) is 2.86. The molecule has 6 heteroatoms. The maximum absolute atomic E-state index is 12.1. The minimum Gasteiger partial charge on any atom is -0.497 e. The number of carbonyl (C=O) groups is 1. The molecule has 110 valence electrons. The number of hydrogen-bond acceptors (Lipinski definition) is 5. The van der Waals surface area contributed by atoms with Crippen LogP contribution < -0.4 is 15.4 Å². The second kappa shape index (κ2) is 7.23. The van der Waals surface area contributed by atoms with Crippen molar-refractivity contribution in [1.29, 1.82) is 0 Å². The van der Waals surface area contributed by atoms with E-state index in [-0.39, 0.29) is 5.91 Å². The maximum atomic E-state index is 12.1. The van der Waals surface area contributed by atoms with Crippen LogP contribution in [-0.2, 0) is 0 Å². The molecule has 0 fully saturated rings. The molecule has 0 saturated heterocycles. The van der Waals surface area contributed by atoms with E-state index in [1.54, 1.807) is 19.2 Å². The summed E-state index contributed by atoms with van der Waals surface area (Å²) in [6.07, 6.45) is 3.99. The molecule has 2 aromatic rings. The predicted molar refractivity (Wildman–Crippen MR) is 81.8 cm³/mol. The molecule has 0 aliphatic heterocycles. The van der Waals surface area contributed by atoms with Crippen LogP contribution in [0, 0.1) is 0 Å². The second-order valence-electron chi connectivity index (χ2n) is 4.41. The number of carbonyl (C=O) groups excluding carboxylic acids is 1. The smallest absolute Gasteiger partial charge is 0.258 e. The van der Waals surface area contributed by atoms with E-state index in [9.17, 15) is 4.79 Å². The molecule has 0 aliphatic carbocycles. The molecule has 0 aliphatic rings. The third kappa shape index (κ3) is 4.17.